The fourth-order valence-corrected chi connectivity index (χ4v) is 3.35. The highest BCUT2D eigenvalue weighted by molar-refractivity contribution is 7.12. The Morgan fingerprint density at radius 2 is 1.95 bits per heavy atom. The maximum absolute atomic E-state index is 6.03. The van der Waals surface area contributed by atoms with Gasteiger partial charge in [0.05, 0.1) is 12.6 Å². The number of rotatable bonds is 11. The summed E-state index contributed by atoms with van der Waals surface area (Å²) in [6, 6.07) is 4.72. The van der Waals surface area contributed by atoms with Crippen LogP contribution in [-0.2, 0) is 15.9 Å². The third kappa shape index (κ3) is 5.50. The minimum Gasteiger partial charge on any atom is -0.385 e. The van der Waals surface area contributed by atoms with Gasteiger partial charge in [-0.25, -0.2) is 0 Å². The molecule has 1 rings (SSSR count). The Hall–Kier alpha value is -0.460. The maximum Gasteiger partial charge on any atom is 0.0589 e. The van der Waals surface area contributed by atoms with E-state index in [1.807, 2.05) is 11.3 Å². The zero-order chi connectivity index (χ0) is 14.8. The van der Waals surface area contributed by atoms with E-state index in [0.29, 0.717) is 6.54 Å². The largest absolute Gasteiger partial charge is 0.385 e. The van der Waals surface area contributed by atoms with E-state index in [9.17, 15) is 0 Å². The first kappa shape index (κ1) is 17.6. The molecule has 1 unspecified atom stereocenters. The third-order valence-corrected chi connectivity index (χ3v) is 4.73. The van der Waals surface area contributed by atoms with E-state index >= 15 is 0 Å². The van der Waals surface area contributed by atoms with Crippen LogP contribution in [0.15, 0.2) is 12.1 Å². The fraction of sp³-hybridized carbons (Fsp3) is 0.733. The van der Waals surface area contributed by atoms with Crippen molar-refractivity contribution in [2.45, 2.75) is 25.8 Å². The van der Waals surface area contributed by atoms with Crippen molar-refractivity contribution in [3.8, 4) is 0 Å². The molecule has 1 heterocycles. The van der Waals surface area contributed by atoms with Crippen LogP contribution in [-0.4, -0.2) is 52.0 Å². The Bertz CT molecular complexity index is 357. The summed E-state index contributed by atoms with van der Waals surface area (Å²) in [5.74, 6) is 0. The number of ether oxygens (including phenoxy) is 2. The van der Waals surface area contributed by atoms with E-state index in [0.717, 1.165) is 39.1 Å². The predicted octanol–water partition coefficient (Wildman–Crippen LogP) is 2.30. The maximum atomic E-state index is 6.03. The monoisotopic (exact) mass is 300 g/mol. The lowest BCUT2D eigenvalue weighted by Crippen LogP contribution is -2.36. The van der Waals surface area contributed by atoms with Crippen LogP contribution < -0.4 is 5.73 Å². The molecule has 0 radical (unpaired) electrons. The summed E-state index contributed by atoms with van der Waals surface area (Å²) in [4.78, 5) is 5.19. The number of aryl methyl sites for hydroxylation is 1. The van der Waals surface area contributed by atoms with E-state index < -0.39 is 0 Å². The molecule has 116 valence electrons. The van der Waals surface area contributed by atoms with Crippen LogP contribution in [0, 0.1) is 0 Å². The third-order valence-electron chi connectivity index (χ3n) is 3.40. The molecule has 0 bridgehead atoms. The van der Waals surface area contributed by atoms with Gasteiger partial charge in [-0.1, -0.05) is 6.92 Å². The van der Waals surface area contributed by atoms with Crippen molar-refractivity contribution in [1.29, 1.82) is 0 Å². The van der Waals surface area contributed by atoms with Crippen LogP contribution in [0.3, 0.4) is 0 Å². The van der Waals surface area contributed by atoms with Crippen LogP contribution >= 0.6 is 11.3 Å². The molecule has 0 saturated heterocycles. The Morgan fingerprint density at radius 1 is 1.20 bits per heavy atom. The molecule has 0 saturated carbocycles. The summed E-state index contributed by atoms with van der Waals surface area (Å²) < 4.78 is 10.4. The Morgan fingerprint density at radius 3 is 2.50 bits per heavy atom. The molecule has 0 aliphatic rings. The summed E-state index contributed by atoms with van der Waals surface area (Å²) >= 11 is 1.87. The molecule has 1 atom stereocenters. The number of nitrogens with two attached hydrogens (primary N) is 1. The lowest BCUT2D eigenvalue weighted by molar-refractivity contribution is 0.109. The van der Waals surface area contributed by atoms with E-state index in [4.69, 9.17) is 15.2 Å². The topological polar surface area (TPSA) is 47.7 Å². The van der Waals surface area contributed by atoms with Crippen LogP contribution in [0.5, 0.6) is 0 Å². The highest BCUT2D eigenvalue weighted by Crippen LogP contribution is 2.27. The van der Waals surface area contributed by atoms with Gasteiger partial charge in [0.1, 0.15) is 0 Å². The van der Waals surface area contributed by atoms with Gasteiger partial charge in [0.2, 0.25) is 0 Å². The molecule has 4 nitrogen and oxygen atoms in total. The highest BCUT2D eigenvalue weighted by Gasteiger charge is 2.20. The average Bonchev–Trinajstić information content (AvgIpc) is 2.94. The predicted molar refractivity (Wildman–Crippen MR) is 85.4 cm³/mol. The summed E-state index contributed by atoms with van der Waals surface area (Å²) in [5.41, 5.74) is 6.03. The first-order valence-electron chi connectivity index (χ1n) is 7.27. The molecule has 1 aromatic heterocycles. The van der Waals surface area contributed by atoms with Crippen LogP contribution in [0.1, 0.15) is 29.1 Å². The van der Waals surface area contributed by atoms with Gasteiger partial charge in [0.15, 0.2) is 0 Å². The number of hydrogen-bond acceptors (Lipinski definition) is 5. The summed E-state index contributed by atoms with van der Waals surface area (Å²) in [5, 5.41) is 0. The van der Waals surface area contributed by atoms with Gasteiger partial charge in [-0.05, 0) is 25.0 Å². The first-order chi connectivity index (χ1) is 9.76. The summed E-state index contributed by atoms with van der Waals surface area (Å²) in [6.45, 7) is 6.23. The molecule has 0 spiro atoms. The zero-order valence-corrected chi connectivity index (χ0v) is 13.7. The lowest BCUT2D eigenvalue weighted by Gasteiger charge is -2.30. The van der Waals surface area contributed by atoms with E-state index in [-0.39, 0.29) is 6.04 Å². The van der Waals surface area contributed by atoms with Gasteiger partial charge >= 0.3 is 0 Å². The summed E-state index contributed by atoms with van der Waals surface area (Å²) in [6.07, 6.45) is 2.10. The van der Waals surface area contributed by atoms with Crippen molar-refractivity contribution in [2.24, 2.45) is 5.73 Å². The van der Waals surface area contributed by atoms with Crippen LogP contribution in [0.2, 0.25) is 0 Å². The molecular weight excluding hydrogens is 272 g/mol. The number of hydrogen-bond donors (Lipinski definition) is 1. The molecule has 0 aromatic carbocycles. The second kappa shape index (κ2) is 10.3. The van der Waals surface area contributed by atoms with Crippen molar-refractivity contribution < 1.29 is 9.47 Å². The number of nitrogens with zero attached hydrogens (tertiary/aromatic N) is 1. The van der Waals surface area contributed by atoms with Crippen LogP contribution in [0.4, 0.5) is 0 Å². The van der Waals surface area contributed by atoms with Crippen LogP contribution in [0.25, 0.3) is 0 Å². The molecule has 0 amide bonds. The van der Waals surface area contributed by atoms with E-state index in [2.05, 4.69) is 24.0 Å². The van der Waals surface area contributed by atoms with E-state index in [1.165, 1.54) is 9.75 Å². The standard InChI is InChI=1S/C15H28N2O2S/c1-4-13-6-7-15(20-13)14(12-16)17(9-11-19-3)8-5-10-18-2/h6-7,14H,4-5,8-12,16H2,1-3H3. The van der Waals surface area contributed by atoms with E-state index in [1.54, 1.807) is 14.2 Å². The molecule has 2 N–H and O–H groups in total. The normalized spacial score (nSPS) is 13.1. The SMILES string of the molecule is CCc1ccc(C(CN)N(CCCOC)CCOC)s1. The molecule has 0 aliphatic carbocycles. The second-order valence-corrected chi connectivity index (χ2v) is 5.98. The fourth-order valence-electron chi connectivity index (χ4n) is 2.25. The Labute approximate surface area is 126 Å². The second-order valence-electron chi connectivity index (χ2n) is 4.78. The first-order valence-corrected chi connectivity index (χ1v) is 8.09. The molecule has 1 aromatic rings. The van der Waals surface area contributed by atoms with Crippen molar-refractivity contribution in [3.05, 3.63) is 21.9 Å². The van der Waals surface area contributed by atoms with Gasteiger partial charge in [-0.15, -0.1) is 11.3 Å². The quantitative estimate of drug-likeness (QED) is 0.637. The molecule has 0 fully saturated rings. The zero-order valence-electron chi connectivity index (χ0n) is 12.9. The number of methoxy groups -OCH3 is 2. The summed E-state index contributed by atoms with van der Waals surface area (Å²) in [7, 11) is 3.48. The molecule has 5 heteroatoms. The highest BCUT2D eigenvalue weighted by atomic mass is 32.1. The minimum absolute atomic E-state index is 0.285. The number of thiophene rings is 1. The van der Waals surface area contributed by atoms with Crippen molar-refractivity contribution in [2.75, 3.05) is 47.1 Å². The van der Waals surface area contributed by atoms with Crippen molar-refractivity contribution in [1.82, 2.24) is 4.90 Å². The van der Waals surface area contributed by atoms with Gasteiger partial charge < -0.3 is 15.2 Å². The van der Waals surface area contributed by atoms with Gasteiger partial charge in [0.25, 0.3) is 0 Å². The van der Waals surface area contributed by atoms with Crippen molar-refractivity contribution >= 4 is 11.3 Å². The molecule has 20 heavy (non-hydrogen) atoms. The smallest absolute Gasteiger partial charge is 0.0589 e. The van der Waals surface area contributed by atoms with Gasteiger partial charge in [-0.3, -0.25) is 4.90 Å². The molecular formula is C15H28N2O2S. The average molecular weight is 300 g/mol. The Kier molecular flexibility index (Phi) is 9.05. The van der Waals surface area contributed by atoms with Crippen molar-refractivity contribution in [3.63, 3.8) is 0 Å². The van der Waals surface area contributed by atoms with Gasteiger partial charge in [-0.2, -0.15) is 0 Å². The minimum atomic E-state index is 0.285. The molecule has 0 aliphatic heterocycles. The lowest BCUT2D eigenvalue weighted by atomic mass is 10.2. The Balaban J connectivity index is 2.71. The van der Waals surface area contributed by atoms with Gasteiger partial charge in [0, 0.05) is 50.2 Å².